The van der Waals surface area contributed by atoms with Gasteiger partial charge in [0.25, 0.3) is 17.7 Å². The summed E-state index contributed by atoms with van der Waals surface area (Å²) in [5, 5.41) is 17.1. The SMILES string of the molecule is COCCn1cc(-c2ccc(-c3cnc(C(=O)Nc4ccc(C(=O)N5CCN(C(=O)C[N+]6(C)CC[C@@H](O)C6)CC5)c(Cl)c4)n3C)c(F)c2F)c(C)n1. The van der Waals surface area contributed by atoms with Gasteiger partial charge in [-0.1, -0.05) is 17.7 Å². The number of quaternary nitrogens is 1. The first-order chi connectivity index (χ1) is 24.8. The number of aliphatic hydroxyl groups is 1. The Morgan fingerprint density at radius 1 is 1.06 bits per heavy atom. The molecule has 2 fully saturated rings. The van der Waals surface area contributed by atoms with Gasteiger partial charge in [0.2, 0.25) is 0 Å². The number of benzene rings is 2. The quantitative estimate of drug-likeness (QED) is 0.238. The largest absolute Gasteiger partial charge is 0.387 e. The molecule has 2 aromatic carbocycles. The minimum atomic E-state index is -1.09. The van der Waals surface area contributed by atoms with E-state index in [9.17, 15) is 19.5 Å². The zero-order valence-electron chi connectivity index (χ0n) is 29.5. The molecule has 1 unspecified atom stereocenters. The monoisotopic (exact) mass is 739 g/mol. The number of aromatic nitrogens is 4. The number of likely N-dealkylation sites (tertiary alicyclic amines) is 1. The van der Waals surface area contributed by atoms with Crippen LogP contribution in [0, 0.1) is 18.6 Å². The molecule has 2 aliphatic rings. The van der Waals surface area contributed by atoms with Crippen LogP contribution in [-0.2, 0) is 23.1 Å². The molecule has 2 aliphatic heterocycles. The molecule has 2 saturated heterocycles. The summed E-state index contributed by atoms with van der Waals surface area (Å²) in [6.07, 6.45) is 3.24. The molecule has 2 atom stereocenters. The van der Waals surface area contributed by atoms with Crippen molar-refractivity contribution < 1.29 is 37.5 Å². The van der Waals surface area contributed by atoms with Crippen LogP contribution in [0.3, 0.4) is 0 Å². The standard InChI is InChI=1S/C36H41ClF2N8O5/c1-22-28(19-46(42-22)14-16-52-4)25-7-8-27(33(39)32(25)38)30-18-40-34(43(30)2)35(50)41-23-5-6-26(29(37)17-23)36(51)45-12-10-44(11-13-45)31(49)21-47(3)15-9-24(48)20-47/h5-8,17-19,24,48H,9-16,20-21H2,1-4H3/p+1/t24-,47?/m1/s1. The van der Waals surface area contributed by atoms with Crippen LogP contribution in [0.15, 0.2) is 42.7 Å². The molecule has 2 N–H and O–H groups in total. The molecule has 6 rings (SSSR count). The Bertz CT molecular complexity index is 2010. The Kier molecular flexibility index (Phi) is 10.8. The molecule has 4 aromatic rings. The minimum absolute atomic E-state index is 0.00500. The van der Waals surface area contributed by atoms with E-state index in [4.69, 9.17) is 16.3 Å². The zero-order chi connectivity index (χ0) is 37.3. The van der Waals surface area contributed by atoms with Gasteiger partial charge in [-0.2, -0.15) is 5.10 Å². The van der Waals surface area contributed by atoms with E-state index in [1.54, 1.807) is 40.8 Å². The molecule has 276 valence electrons. The molecule has 0 aliphatic carbocycles. The van der Waals surface area contributed by atoms with E-state index in [0.29, 0.717) is 80.3 Å². The molecule has 0 saturated carbocycles. The Hall–Kier alpha value is -4.70. The number of anilines is 1. The average Bonchev–Trinajstić information content (AvgIpc) is 3.79. The van der Waals surface area contributed by atoms with Gasteiger partial charge in [-0.25, -0.2) is 13.8 Å². The molecular weight excluding hydrogens is 698 g/mol. The summed E-state index contributed by atoms with van der Waals surface area (Å²) in [7, 11) is 5.06. The smallest absolute Gasteiger partial charge is 0.291 e. The van der Waals surface area contributed by atoms with E-state index in [-0.39, 0.29) is 51.1 Å². The molecule has 52 heavy (non-hydrogen) atoms. The molecule has 2 aromatic heterocycles. The fourth-order valence-corrected chi connectivity index (χ4v) is 7.17. The molecule has 0 bridgehead atoms. The second-order valence-corrected chi connectivity index (χ2v) is 14.1. The molecule has 0 spiro atoms. The number of methoxy groups -OCH3 is 1. The summed E-state index contributed by atoms with van der Waals surface area (Å²) in [6.45, 7) is 5.71. The van der Waals surface area contributed by atoms with Crippen LogP contribution in [-0.4, -0.2) is 129 Å². The Morgan fingerprint density at radius 3 is 2.42 bits per heavy atom. The topological polar surface area (TPSA) is 135 Å². The highest BCUT2D eigenvalue weighted by Gasteiger charge is 2.37. The van der Waals surface area contributed by atoms with Crippen LogP contribution in [0.4, 0.5) is 14.5 Å². The predicted molar refractivity (Wildman–Crippen MR) is 190 cm³/mol. The van der Waals surface area contributed by atoms with Crippen molar-refractivity contribution in [3.63, 3.8) is 0 Å². The van der Waals surface area contributed by atoms with Gasteiger partial charge in [0, 0.05) is 75.3 Å². The van der Waals surface area contributed by atoms with Crippen molar-refractivity contribution in [1.29, 1.82) is 0 Å². The highest BCUT2D eigenvalue weighted by atomic mass is 35.5. The second kappa shape index (κ2) is 15.1. The van der Waals surface area contributed by atoms with Gasteiger partial charge < -0.3 is 34.0 Å². The molecule has 3 amide bonds. The lowest BCUT2D eigenvalue weighted by Gasteiger charge is -2.37. The van der Waals surface area contributed by atoms with Gasteiger partial charge >= 0.3 is 0 Å². The van der Waals surface area contributed by atoms with E-state index in [2.05, 4.69) is 15.4 Å². The van der Waals surface area contributed by atoms with Crippen molar-refractivity contribution in [2.45, 2.75) is 26.0 Å². The Morgan fingerprint density at radius 2 is 1.75 bits per heavy atom. The fraction of sp³-hybridized carbons (Fsp3) is 0.417. The van der Waals surface area contributed by atoms with Crippen LogP contribution in [0.2, 0.25) is 5.02 Å². The molecule has 4 heterocycles. The van der Waals surface area contributed by atoms with Gasteiger partial charge in [0.15, 0.2) is 24.0 Å². The summed E-state index contributed by atoms with van der Waals surface area (Å²) >= 11 is 6.52. The number of carbonyl (C=O) groups is 3. The minimum Gasteiger partial charge on any atom is -0.387 e. The highest BCUT2D eigenvalue weighted by molar-refractivity contribution is 6.34. The third-order valence-corrected chi connectivity index (χ3v) is 10.2. The number of nitrogens with zero attached hydrogens (tertiary/aromatic N) is 7. The number of hydrogen-bond acceptors (Lipinski definition) is 7. The number of likely N-dealkylation sites (N-methyl/N-ethyl adjacent to an activating group) is 1. The van der Waals surface area contributed by atoms with Crippen LogP contribution in [0.5, 0.6) is 0 Å². The number of aliphatic hydroxyl groups excluding tert-OH is 1. The third-order valence-electron chi connectivity index (χ3n) is 9.86. The van der Waals surface area contributed by atoms with Crippen LogP contribution in [0.25, 0.3) is 22.4 Å². The van der Waals surface area contributed by atoms with Crippen LogP contribution >= 0.6 is 11.6 Å². The van der Waals surface area contributed by atoms with Crippen LogP contribution in [0.1, 0.15) is 33.1 Å². The van der Waals surface area contributed by atoms with Crippen molar-refractivity contribution >= 4 is 35.0 Å². The zero-order valence-corrected chi connectivity index (χ0v) is 30.3. The summed E-state index contributed by atoms with van der Waals surface area (Å²) in [4.78, 5) is 47.1. The number of hydrogen-bond donors (Lipinski definition) is 2. The number of aryl methyl sites for hydroxylation is 1. The summed E-state index contributed by atoms with van der Waals surface area (Å²) in [5.74, 6) is -3.11. The number of nitrogens with one attached hydrogen (secondary N) is 1. The molecular formula is C36H42ClF2N8O5+. The number of imidazole rings is 1. The lowest BCUT2D eigenvalue weighted by Crippen LogP contribution is -2.55. The van der Waals surface area contributed by atoms with Crippen molar-refractivity contribution in [2.24, 2.45) is 7.05 Å². The van der Waals surface area contributed by atoms with Gasteiger partial charge in [-0.05, 0) is 31.2 Å². The van der Waals surface area contributed by atoms with Crippen LogP contribution < -0.4 is 5.32 Å². The average molecular weight is 740 g/mol. The van der Waals surface area contributed by atoms with Gasteiger partial charge in [0.1, 0.15) is 12.6 Å². The summed E-state index contributed by atoms with van der Waals surface area (Å²) < 4.78 is 39.5. The fourth-order valence-electron chi connectivity index (χ4n) is 6.91. The van der Waals surface area contributed by atoms with E-state index < -0.39 is 17.5 Å². The van der Waals surface area contributed by atoms with Gasteiger partial charge in [0.05, 0.1) is 54.9 Å². The van der Waals surface area contributed by atoms with E-state index in [1.165, 1.54) is 42.1 Å². The van der Waals surface area contributed by atoms with E-state index in [0.717, 1.165) is 6.54 Å². The molecule has 0 radical (unpaired) electrons. The summed E-state index contributed by atoms with van der Waals surface area (Å²) in [5.41, 5.74) is 1.72. The number of carbonyl (C=O) groups excluding carboxylic acids is 3. The van der Waals surface area contributed by atoms with Crippen molar-refractivity contribution in [1.82, 2.24) is 29.1 Å². The number of rotatable bonds is 10. The lowest BCUT2D eigenvalue weighted by molar-refractivity contribution is -0.891. The first kappa shape index (κ1) is 37.1. The molecule has 13 nitrogen and oxygen atoms in total. The maximum absolute atomic E-state index is 15.5. The van der Waals surface area contributed by atoms with E-state index in [1.807, 2.05) is 7.05 Å². The Balaban J connectivity index is 1.09. The van der Waals surface area contributed by atoms with Crippen molar-refractivity contribution in [3.05, 3.63) is 76.5 Å². The normalized spacial score (nSPS) is 19.0. The predicted octanol–water partition coefficient (Wildman–Crippen LogP) is 3.58. The number of amides is 3. The first-order valence-corrected chi connectivity index (χ1v) is 17.4. The second-order valence-electron chi connectivity index (χ2n) is 13.6. The van der Waals surface area contributed by atoms with E-state index >= 15 is 8.78 Å². The Labute approximate surface area is 304 Å². The van der Waals surface area contributed by atoms with Crippen molar-refractivity contribution in [3.8, 4) is 22.4 Å². The number of piperazine rings is 1. The van der Waals surface area contributed by atoms with Gasteiger partial charge in [-0.15, -0.1) is 0 Å². The number of ether oxygens (including phenoxy) is 1. The maximum Gasteiger partial charge on any atom is 0.291 e. The first-order valence-electron chi connectivity index (χ1n) is 17.0. The molecule has 16 heteroatoms. The van der Waals surface area contributed by atoms with Crippen molar-refractivity contribution in [2.75, 3.05) is 71.9 Å². The third kappa shape index (κ3) is 7.58. The number of halogens is 3. The summed E-state index contributed by atoms with van der Waals surface area (Å²) in [6, 6.07) is 7.43. The maximum atomic E-state index is 15.5. The lowest BCUT2D eigenvalue weighted by atomic mass is 10.0. The highest BCUT2D eigenvalue weighted by Crippen LogP contribution is 2.33. The van der Waals surface area contributed by atoms with Gasteiger partial charge in [-0.3, -0.25) is 19.1 Å².